The minimum Gasteiger partial charge on any atom is -0.319 e. The number of nitrogens with one attached hydrogen (secondary N) is 1. The minimum atomic E-state index is -4.94. The Hall–Kier alpha value is -1.19. The maximum atomic E-state index is 13.3. The standard InChI is InChI=1S/C13H16F4N2O2S/c1-18-7-9-4-5-19(8-9)22(20,21)10-2-3-12(14)11(6-10)13(15,16)17/h2-3,6,9,18H,4-5,7-8H2,1H3. The summed E-state index contributed by atoms with van der Waals surface area (Å²) in [4.78, 5) is -0.536. The molecule has 0 aromatic heterocycles. The number of halogens is 4. The van der Waals surface area contributed by atoms with E-state index in [0.29, 0.717) is 25.1 Å². The monoisotopic (exact) mass is 340 g/mol. The highest BCUT2D eigenvalue weighted by molar-refractivity contribution is 7.89. The Kier molecular flexibility index (Phi) is 4.78. The number of hydrogen-bond donors (Lipinski definition) is 1. The van der Waals surface area contributed by atoms with Crippen LogP contribution in [-0.2, 0) is 16.2 Å². The highest BCUT2D eigenvalue weighted by Gasteiger charge is 2.37. The number of sulfonamides is 1. The highest BCUT2D eigenvalue weighted by atomic mass is 32.2. The molecular weight excluding hydrogens is 324 g/mol. The van der Waals surface area contributed by atoms with Crippen LogP contribution in [0.25, 0.3) is 0 Å². The summed E-state index contributed by atoms with van der Waals surface area (Å²) in [6.07, 6.45) is -4.30. The van der Waals surface area contributed by atoms with Gasteiger partial charge in [-0.2, -0.15) is 17.5 Å². The molecule has 0 radical (unpaired) electrons. The Balaban J connectivity index is 2.31. The van der Waals surface area contributed by atoms with Crippen LogP contribution in [0.15, 0.2) is 23.1 Å². The lowest BCUT2D eigenvalue weighted by Gasteiger charge is -2.18. The van der Waals surface area contributed by atoms with Crippen molar-refractivity contribution in [3.05, 3.63) is 29.6 Å². The van der Waals surface area contributed by atoms with Crippen LogP contribution in [0.2, 0.25) is 0 Å². The molecule has 0 spiro atoms. The van der Waals surface area contributed by atoms with Crippen molar-refractivity contribution in [3.63, 3.8) is 0 Å². The van der Waals surface area contributed by atoms with Crippen molar-refractivity contribution >= 4 is 10.0 Å². The maximum absolute atomic E-state index is 13.3. The Morgan fingerprint density at radius 3 is 2.64 bits per heavy atom. The fraction of sp³-hybridized carbons (Fsp3) is 0.538. The lowest BCUT2D eigenvalue weighted by Crippen LogP contribution is -2.30. The second kappa shape index (κ2) is 6.13. The van der Waals surface area contributed by atoms with Gasteiger partial charge in [0, 0.05) is 13.1 Å². The molecule has 1 fully saturated rings. The van der Waals surface area contributed by atoms with Gasteiger partial charge in [-0.25, -0.2) is 12.8 Å². The predicted molar refractivity (Wildman–Crippen MR) is 72.2 cm³/mol. The van der Waals surface area contributed by atoms with Crippen molar-refractivity contribution in [2.45, 2.75) is 17.5 Å². The Bertz CT molecular complexity index is 646. The maximum Gasteiger partial charge on any atom is 0.419 e. The summed E-state index contributed by atoms with van der Waals surface area (Å²) >= 11 is 0. The number of hydrogen-bond acceptors (Lipinski definition) is 3. The third kappa shape index (κ3) is 3.41. The molecule has 4 nitrogen and oxygen atoms in total. The molecule has 1 saturated heterocycles. The molecular formula is C13H16F4N2O2S. The average molecular weight is 340 g/mol. The largest absolute Gasteiger partial charge is 0.419 e. The van der Waals surface area contributed by atoms with E-state index in [9.17, 15) is 26.0 Å². The van der Waals surface area contributed by atoms with Gasteiger partial charge in [-0.15, -0.1) is 0 Å². The molecule has 1 heterocycles. The summed E-state index contributed by atoms with van der Waals surface area (Å²) in [6.45, 7) is 1.11. The van der Waals surface area contributed by atoms with Gasteiger partial charge in [0.1, 0.15) is 5.82 Å². The first-order valence-electron chi connectivity index (χ1n) is 6.67. The molecule has 2 rings (SSSR count). The predicted octanol–water partition coefficient (Wildman–Crippen LogP) is 2.07. The smallest absolute Gasteiger partial charge is 0.319 e. The summed E-state index contributed by atoms with van der Waals surface area (Å²) < 4.78 is 77.3. The van der Waals surface area contributed by atoms with E-state index in [1.807, 2.05) is 0 Å². The molecule has 22 heavy (non-hydrogen) atoms. The van der Waals surface area contributed by atoms with E-state index < -0.39 is 32.5 Å². The van der Waals surface area contributed by atoms with Crippen LogP contribution < -0.4 is 5.32 Å². The van der Waals surface area contributed by atoms with Crippen LogP contribution in [0.5, 0.6) is 0 Å². The highest BCUT2D eigenvalue weighted by Crippen LogP contribution is 2.34. The molecule has 1 aromatic rings. The Morgan fingerprint density at radius 2 is 2.05 bits per heavy atom. The summed E-state index contributed by atoms with van der Waals surface area (Å²) in [6, 6.07) is 1.76. The van der Waals surface area contributed by atoms with Crippen LogP contribution in [0.3, 0.4) is 0 Å². The summed E-state index contributed by atoms with van der Waals surface area (Å²) in [5, 5.41) is 2.94. The second-order valence-electron chi connectivity index (χ2n) is 5.21. The second-order valence-corrected chi connectivity index (χ2v) is 7.15. The van der Waals surface area contributed by atoms with E-state index in [1.54, 1.807) is 7.05 Å². The zero-order valence-electron chi connectivity index (χ0n) is 11.8. The van der Waals surface area contributed by atoms with E-state index in [4.69, 9.17) is 0 Å². The molecule has 0 amide bonds. The normalized spacial score (nSPS) is 20.5. The first-order valence-corrected chi connectivity index (χ1v) is 8.11. The van der Waals surface area contributed by atoms with E-state index in [0.717, 1.165) is 10.4 Å². The topological polar surface area (TPSA) is 49.4 Å². The molecule has 0 bridgehead atoms. The Morgan fingerprint density at radius 1 is 1.36 bits per heavy atom. The van der Waals surface area contributed by atoms with Crippen molar-refractivity contribution in [1.29, 1.82) is 0 Å². The lowest BCUT2D eigenvalue weighted by molar-refractivity contribution is -0.140. The van der Waals surface area contributed by atoms with Gasteiger partial charge >= 0.3 is 6.18 Å². The van der Waals surface area contributed by atoms with Crippen LogP contribution in [0, 0.1) is 11.7 Å². The quantitative estimate of drug-likeness (QED) is 0.854. The molecule has 0 saturated carbocycles. The average Bonchev–Trinajstić information content (AvgIpc) is 2.87. The van der Waals surface area contributed by atoms with E-state index in [1.165, 1.54) is 0 Å². The summed E-state index contributed by atoms with van der Waals surface area (Å²) in [5.41, 5.74) is -1.57. The van der Waals surface area contributed by atoms with Crippen LogP contribution >= 0.6 is 0 Å². The molecule has 0 aliphatic carbocycles. The van der Waals surface area contributed by atoms with Crippen molar-refractivity contribution in [3.8, 4) is 0 Å². The number of nitrogens with zero attached hydrogens (tertiary/aromatic N) is 1. The van der Waals surface area contributed by atoms with Gasteiger partial charge in [-0.05, 0) is 44.1 Å². The molecule has 1 aliphatic rings. The van der Waals surface area contributed by atoms with Crippen LogP contribution in [0.4, 0.5) is 17.6 Å². The van der Waals surface area contributed by atoms with Gasteiger partial charge in [0.2, 0.25) is 10.0 Å². The molecule has 1 N–H and O–H groups in total. The third-order valence-electron chi connectivity index (χ3n) is 3.62. The SMILES string of the molecule is CNCC1CCN(S(=O)(=O)c2ccc(F)c(C(F)(F)F)c2)C1. The van der Waals surface area contributed by atoms with Gasteiger partial charge in [-0.3, -0.25) is 0 Å². The molecule has 1 unspecified atom stereocenters. The fourth-order valence-electron chi connectivity index (χ4n) is 2.50. The van der Waals surface area contributed by atoms with Crippen molar-refractivity contribution in [1.82, 2.24) is 9.62 Å². The van der Waals surface area contributed by atoms with Gasteiger partial charge in [-0.1, -0.05) is 0 Å². The third-order valence-corrected chi connectivity index (χ3v) is 5.48. The van der Waals surface area contributed by atoms with Crippen LogP contribution in [-0.4, -0.2) is 39.4 Å². The summed E-state index contributed by atoms with van der Waals surface area (Å²) in [5.74, 6) is -1.37. The number of rotatable bonds is 4. The van der Waals surface area contributed by atoms with Crippen LogP contribution in [0.1, 0.15) is 12.0 Å². The van der Waals surface area contributed by atoms with Crippen molar-refractivity contribution in [2.24, 2.45) is 5.92 Å². The number of benzene rings is 1. The zero-order chi connectivity index (χ0) is 16.5. The zero-order valence-corrected chi connectivity index (χ0v) is 12.6. The van der Waals surface area contributed by atoms with Gasteiger partial charge in [0.15, 0.2) is 0 Å². The minimum absolute atomic E-state index is 0.113. The van der Waals surface area contributed by atoms with Gasteiger partial charge in [0.25, 0.3) is 0 Å². The molecule has 1 atom stereocenters. The van der Waals surface area contributed by atoms with Crippen molar-refractivity contribution in [2.75, 3.05) is 26.7 Å². The van der Waals surface area contributed by atoms with Gasteiger partial charge < -0.3 is 5.32 Å². The van der Waals surface area contributed by atoms with E-state index in [-0.39, 0.29) is 19.0 Å². The first-order chi connectivity index (χ1) is 10.2. The molecule has 1 aliphatic heterocycles. The Labute approximate surface area is 126 Å². The van der Waals surface area contributed by atoms with Gasteiger partial charge in [0.05, 0.1) is 10.5 Å². The summed E-state index contributed by atoms with van der Waals surface area (Å²) in [7, 11) is -2.31. The van der Waals surface area contributed by atoms with E-state index in [2.05, 4.69) is 5.32 Å². The number of alkyl halides is 3. The molecule has 124 valence electrons. The van der Waals surface area contributed by atoms with E-state index >= 15 is 0 Å². The lowest BCUT2D eigenvalue weighted by atomic mass is 10.1. The first kappa shape index (κ1) is 17.2. The fourth-order valence-corrected chi connectivity index (χ4v) is 4.06. The molecule has 1 aromatic carbocycles. The van der Waals surface area contributed by atoms with Crippen molar-refractivity contribution < 1.29 is 26.0 Å². The molecule has 9 heteroatoms.